The molecule has 3 N–H and O–H groups in total. The highest BCUT2D eigenvalue weighted by Crippen LogP contribution is 2.16. The average molecular weight is 323 g/mol. The number of nitrogens with zero attached hydrogens (tertiary/aromatic N) is 2. The molecule has 0 aliphatic carbocycles. The Balaban J connectivity index is 1.84. The van der Waals surface area contributed by atoms with Crippen LogP contribution in [-0.4, -0.2) is 49.0 Å². The van der Waals surface area contributed by atoms with E-state index in [1.54, 1.807) is 11.3 Å². The average Bonchev–Trinajstić information content (AvgIpc) is 3.04. The van der Waals surface area contributed by atoms with E-state index in [1.807, 2.05) is 6.92 Å². The fourth-order valence-corrected chi connectivity index (χ4v) is 2.86. The third kappa shape index (κ3) is 4.20. The van der Waals surface area contributed by atoms with Gasteiger partial charge in [0.15, 0.2) is 5.96 Å². The number of imide groups is 1. The Hall–Kier alpha value is -2.09. The molecule has 1 saturated heterocycles. The number of aliphatic imine (C=N–C) groups is 1. The number of aryl methyl sites for hydroxylation is 1. The highest BCUT2D eigenvalue weighted by Gasteiger charge is 2.27. The summed E-state index contributed by atoms with van der Waals surface area (Å²) in [6, 6.07) is 1.75. The van der Waals surface area contributed by atoms with Crippen LogP contribution in [0.1, 0.15) is 17.4 Å². The highest BCUT2D eigenvalue weighted by atomic mass is 32.1. The van der Waals surface area contributed by atoms with Gasteiger partial charge in [0.25, 0.3) is 0 Å². The third-order valence-electron chi connectivity index (χ3n) is 3.26. The summed E-state index contributed by atoms with van der Waals surface area (Å²) >= 11 is 1.69. The summed E-state index contributed by atoms with van der Waals surface area (Å²) in [7, 11) is 0. The highest BCUT2D eigenvalue weighted by molar-refractivity contribution is 7.10. The number of thiophene rings is 1. The minimum atomic E-state index is -0.331. The van der Waals surface area contributed by atoms with Gasteiger partial charge in [-0.05, 0) is 30.9 Å². The van der Waals surface area contributed by atoms with Gasteiger partial charge in [0, 0.05) is 24.5 Å². The molecule has 0 radical (unpaired) electrons. The maximum atomic E-state index is 11.5. The molecule has 1 aliphatic rings. The zero-order valence-electron chi connectivity index (χ0n) is 12.8. The molecule has 2 rings (SSSR count). The quantitative estimate of drug-likeness (QED) is 0.408. The number of nitrogens with one attached hydrogen (secondary N) is 3. The van der Waals surface area contributed by atoms with Crippen molar-refractivity contribution in [1.82, 2.24) is 20.9 Å². The molecule has 1 aromatic heterocycles. The van der Waals surface area contributed by atoms with Crippen molar-refractivity contribution in [3.8, 4) is 0 Å². The first-order valence-corrected chi connectivity index (χ1v) is 8.13. The molecule has 22 heavy (non-hydrogen) atoms. The van der Waals surface area contributed by atoms with Gasteiger partial charge in [0.05, 0.1) is 13.1 Å². The smallest absolute Gasteiger partial charge is 0.324 e. The largest absolute Gasteiger partial charge is 0.357 e. The van der Waals surface area contributed by atoms with E-state index in [9.17, 15) is 9.59 Å². The predicted octanol–water partition coefficient (Wildman–Crippen LogP) is 0.663. The van der Waals surface area contributed by atoms with E-state index >= 15 is 0 Å². The summed E-state index contributed by atoms with van der Waals surface area (Å²) in [5.74, 6) is 0.491. The van der Waals surface area contributed by atoms with E-state index < -0.39 is 0 Å². The van der Waals surface area contributed by atoms with Crippen molar-refractivity contribution in [2.24, 2.45) is 4.99 Å². The van der Waals surface area contributed by atoms with E-state index in [0.717, 1.165) is 6.54 Å². The lowest BCUT2D eigenvalue weighted by atomic mass is 10.3. The standard InChI is InChI=1S/C14H21N5O2S/c1-3-15-13(17-8-11-10(2)4-7-22-11)16-5-6-19-12(20)9-18-14(19)21/h4,7H,3,5-6,8-9H2,1-2H3,(H,18,21)(H2,15,16,17). The molecule has 7 nitrogen and oxygen atoms in total. The van der Waals surface area contributed by atoms with Crippen molar-refractivity contribution in [1.29, 1.82) is 0 Å². The minimum Gasteiger partial charge on any atom is -0.357 e. The van der Waals surface area contributed by atoms with Crippen molar-refractivity contribution in [2.45, 2.75) is 20.4 Å². The fraction of sp³-hybridized carbons (Fsp3) is 0.500. The Kier molecular flexibility index (Phi) is 5.76. The number of rotatable bonds is 6. The van der Waals surface area contributed by atoms with Gasteiger partial charge in [-0.1, -0.05) is 0 Å². The van der Waals surface area contributed by atoms with Crippen LogP contribution in [0.3, 0.4) is 0 Å². The Morgan fingerprint density at radius 2 is 2.27 bits per heavy atom. The second-order valence-corrected chi connectivity index (χ2v) is 5.85. The van der Waals surface area contributed by atoms with Gasteiger partial charge < -0.3 is 16.0 Å². The predicted molar refractivity (Wildman–Crippen MR) is 87.0 cm³/mol. The number of hydrogen-bond donors (Lipinski definition) is 3. The molecular weight excluding hydrogens is 302 g/mol. The molecule has 1 aliphatic heterocycles. The second-order valence-electron chi connectivity index (χ2n) is 4.85. The van der Waals surface area contributed by atoms with Crippen molar-refractivity contribution in [2.75, 3.05) is 26.2 Å². The number of urea groups is 1. The van der Waals surface area contributed by atoms with Gasteiger partial charge >= 0.3 is 6.03 Å². The summed E-state index contributed by atoms with van der Waals surface area (Å²) in [6.07, 6.45) is 0. The molecule has 3 amide bonds. The van der Waals surface area contributed by atoms with E-state index in [2.05, 4.69) is 39.3 Å². The van der Waals surface area contributed by atoms with Crippen LogP contribution in [0.15, 0.2) is 16.4 Å². The van der Waals surface area contributed by atoms with E-state index in [1.165, 1.54) is 15.3 Å². The first kappa shape index (κ1) is 16.3. The van der Waals surface area contributed by atoms with Gasteiger partial charge in [-0.25, -0.2) is 9.79 Å². The lowest BCUT2D eigenvalue weighted by Crippen LogP contribution is -2.43. The fourth-order valence-electron chi connectivity index (χ4n) is 2.03. The van der Waals surface area contributed by atoms with Crippen molar-refractivity contribution in [3.05, 3.63) is 21.9 Å². The van der Waals surface area contributed by atoms with Crippen LogP contribution in [-0.2, 0) is 11.3 Å². The molecule has 0 bridgehead atoms. The molecule has 1 aromatic rings. The lowest BCUT2D eigenvalue weighted by molar-refractivity contribution is -0.124. The summed E-state index contributed by atoms with van der Waals surface area (Å²) in [6.45, 7) is 6.30. The molecule has 120 valence electrons. The molecule has 2 heterocycles. The van der Waals surface area contributed by atoms with E-state index in [0.29, 0.717) is 25.6 Å². The molecule has 0 unspecified atom stereocenters. The minimum absolute atomic E-state index is 0.0879. The maximum Gasteiger partial charge on any atom is 0.324 e. The normalized spacial score (nSPS) is 15.2. The molecule has 1 fully saturated rings. The van der Waals surface area contributed by atoms with Crippen molar-refractivity contribution >= 4 is 29.2 Å². The third-order valence-corrected chi connectivity index (χ3v) is 4.27. The Morgan fingerprint density at radius 1 is 1.45 bits per heavy atom. The van der Waals surface area contributed by atoms with Crippen LogP contribution in [0.4, 0.5) is 4.79 Å². The number of carbonyl (C=O) groups excluding carboxylic acids is 2. The van der Waals surface area contributed by atoms with Crippen LogP contribution in [0, 0.1) is 6.92 Å². The monoisotopic (exact) mass is 323 g/mol. The Labute approximate surface area is 133 Å². The number of hydrogen-bond acceptors (Lipinski definition) is 4. The van der Waals surface area contributed by atoms with E-state index in [4.69, 9.17) is 0 Å². The maximum absolute atomic E-state index is 11.5. The first-order chi connectivity index (χ1) is 10.6. The molecule has 8 heteroatoms. The summed E-state index contributed by atoms with van der Waals surface area (Å²) in [5.41, 5.74) is 1.24. The van der Waals surface area contributed by atoms with Crippen LogP contribution in [0.5, 0.6) is 0 Å². The Morgan fingerprint density at radius 3 is 2.86 bits per heavy atom. The SMILES string of the molecule is CCNC(=NCc1sccc1C)NCCN1C(=O)CNC1=O. The zero-order chi connectivity index (χ0) is 15.9. The molecular formula is C14H21N5O2S. The molecule has 0 saturated carbocycles. The molecule has 0 aromatic carbocycles. The van der Waals surface area contributed by atoms with E-state index in [-0.39, 0.29) is 18.5 Å². The summed E-state index contributed by atoms with van der Waals surface area (Å²) in [4.78, 5) is 29.9. The van der Waals surface area contributed by atoms with Crippen molar-refractivity contribution < 1.29 is 9.59 Å². The number of guanidine groups is 1. The Bertz CT molecular complexity index is 553. The van der Waals surface area contributed by atoms with Gasteiger partial charge in [0.2, 0.25) is 5.91 Å². The zero-order valence-corrected chi connectivity index (χ0v) is 13.6. The van der Waals surface area contributed by atoms with Crippen LogP contribution in [0.2, 0.25) is 0 Å². The number of carbonyl (C=O) groups is 2. The van der Waals surface area contributed by atoms with Gasteiger partial charge in [-0.3, -0.25) is 9.69 Å². The topological polar surface area (TPSA) is 85.8 Å². The van der Waals surface area contributed by atoms with Crippen LogP contribution < -0.4 is 16.0 Å². The van der Waals surface area contributed by atoms with Gasteiger partial charge in [-0.2, -0.15) is 0 Å². The van der Waals surface area contributed by atoms with Gasteiger partial charge in [0.1, 0.15) is 0 Å². The van der Waals surface area contributed by atoms with Crippen LogP contribution >= 0.6 is 11.3 Å². The molecule has 0 atom stereocenters. The van der Waals surface area contributed by atoms with Crippen molar-refractivity contribution in [3.63, 3.8) is 0 Å². The van der Waals surface area contributed by atoms with Gasteiger partial charge in [-0.15, -0.1) is 11.3 Å². The van der Waals surface area contributed by atoms with Crippen LogP contribution in [0.25, 0.3) is 0 Å². The second kappa shape index (κ2) is 7.79. The number of amides is 3. The molecule has 0 spiro atoms. The first-order valence-electron chi connectivity index (χ1n) is 7.25. The summed E-state index contributed by atoms with van der Waals surface area (Å²) < 4.78 is 0. The summed E-state index contributed by atoms with van der Waals surface area (Å²) in [5, 5.41) is 10.8. The lowest BCUT2D eigenvalue weighted by Gasteiger charge is -2.15.